The second-order valence-corrected chi connectivity index (χ2v) is 5.36. The molecule has 0 aliphatic carbocycles. The van der Waals surface area contributed by atoms with Gasteiger partial charge in [-0.1, -0.05) is 24.3 Å². The van der Waals surface area contributed by atoms with Crippen LogP contribution in [0.15, 0.2) is 48.5 Å². The van der Waals surface area contributed by atoms with E-state index in [0.29, 0.717) is 12.3 Å². The molecule has 23 heavy (non-hydrogen) atoms. The predicted octanol–water partition coefficient (Wildman–Crippen LogP) is 3.65. The molecule has 2 aromatic carbocycles. The van der Waals surface area contributed by atoms with Crippen molar-refractivity contribution in [2.45, 2.75) is 13.5 Å². The number of ether oxygens (including phenoxy) is 1. The third-order valence-electron chi connectivity index (χ3n) is 4.01. The van der Waals surface area contributed by atoms with Gasteiger partial charge in [0.05, 0.1) is 16.3 Å². The molecule has 0 saturated carbocycles. The molecule has 4 rings (SSSR count). The molecule has 1 aliphatic heterocycles. The lowest BCUT2D eigenvalue weighted by molar-refractivity contribution is -0.384. The lowest BCUT2D eigenvalue weighted by Crippen LogP contribution is -2.09. The maximum atomic E-state index is 11.4. The van der Waals surface area contributed by atoms with Crippen molar-refractivity contribution in [1.29, 1.82) is 0 Å². The van der Waals surface area contributed by atoms with E-state index in [1.165, 1.54) is 6.07 Å². The zero-order valence-corrected chi connectivity index (χ0v) is 12.4. The minimum absolute atomic E-state index is 0.0294. The van der Waals surface area contributed by atoms with Gasteiger partial charge in [0.15, 0.2) is 0 Å². The Bertz CT molecular complexity index is 931. The molecule has 0 radical (unpaired) electrons. The van der Waals surface area contributed by atoms with Crippen LogP contribution in [0.25, 0.3) is 16.9 Å². The quantitative estimate of drug-likeness (QED) is 0.535. The molecule has 1 aliphatic rings. The minimum Gasteiger partial charge on any atom is -0.488 e. The maximum Gasteiger partial charge on any atom is 0.294 e. The van der Waals surface area contributed by atoms with E-state index >= 15 is 0 Å². The fourth-order valence-corrected chi connectivity index (χ4v) is 2.92. The first kappa shape index (κ1) is 13.5. The Morgan fingerprint density at radius 2 is 1.91 bits per heavy atom. The predicted molar refractivity (Wildman–Crippen MR) is 84.7 cm³/mol. The molecular weight excluding hydrogens is 294 g/mol. The van der Waals surface area contributed by atoms with Gasteiger partial charge in [0, 0.05) is 17.2 Å². The Morgan fingerprint density at radius 3 is 2.74 bits per heavy atom. The van der Waals surface area contributed by atoms with Crippen molar-refractivity contribution in [2.24, 2.45) is 0 Å². The number of aromatic nitrogens is 2. The van der Waals surface area contributed by atoms with E-state index in [2.05, 4.69) is 5.10 Å². The highest BCUT2D eigenvalue weighted by atomic mass is 16.6. The van der Waals surface area contributed by atoms with Gasteiger partial charge in [-0.3, -0.25) is 10.1 Å². The maximum absolute atomic E-state index is 11.4. The molecule has 0 bridgehead atoms. The number of aryl methyl sites for hydroxylation is 1. The lowest BCUT2D eigenvalue weighted by Gasteiger charge is -2.19. The van der Waals surface area contributed by atoms with Crippen molar-refractivity contribution in [2.75, 3.05) is 0 Å². The normalized spacial score (nSPS) is 12.2. The summed E-state index contributed by atoms with van der Waals surface area (Å²) in [6.07, 6.45) is 0. The summed E-state index contributed by atoms with van der Waals surface area (Å²) in [6.45, 7) is 2.31. The first-order valence-corrected chi connectivity index (χ1v) is 7.21. The Morgan fingerprint density at radius 1 is 1.17 bits per heavy atom. The molecule has 2 heterocycles. The molecule has 0 atom stereocenters. The topological polar surface area (TPSA) is 70.2 Å². The van der Waals surface area contributed by atoms with Crippen molar-refractivity contribution < 1.29 is 9.66 Å². The number of nitrogens with zero attached hydrogens (tertiary/aromatic N) is 3. The summed E-state index contributed by atoms with van der Waals surface area (Å²) >= 11 is 0. The van der Waals surface area contributed by atoms with Crippen molar-refractivity contribution in [3.8, 4) is 22.7 Å². The fourth-order valence-electron chi connectivity index (χ4n) is 2.92. The SMILES string of the molecule is Cc1nn(-c2ccccc2[N+](=O)[O-])c2c1COc1ccccc1-2. The van der Waals surface area contributed by atoms with E-state index in [1.807, 2.05) is 31.2 Å². The number of hydrogen-bond acceptors (Lipinski definition) is 4. The Labute approximate surface area is 132 Å². The molecule has 6 heteroatoms. The van der Waals surface area contributed by atoms with E-state index < -0.39 is 0 Å². The average molecular weight is 307 g/mol. The number of benzene rings is 2. The molecule has 0 amide bonds. The average Bonchev–Trinajstić information content (AvgIpc) is 2.92. The molecule has 0 saturated heterocycles. The van der Waals surface area contributed by atoms with Crippen molar-refractivity contribution in [3.05, 3.63) is 69.9 Å². The first-order chi connectivity index (χ1) is 11.2. The number of para-hydroxylation sites is 3. The van der Waals surface area contributed by atoms with Crippen LogP contribution in [0, 0.1) is 17.0 Å². The second-order valence-electron chi connectivity index (χ2n) is 5.36. The van der Waals surface area contributed by atoms with Gasteiger partial charge in [-0.25, -0.2) is 4.68 Å². The summed E-state index contributed by atoms with van der Waals surface area (Å²) in [7, 11) is 0. The number of hydrogen-bond donors (Lipinski definition) is 0. The fraction of sp³-hybridized carbons (Fsp3) is 0.118. The first-order valence-electron chi connectivity index (χ1n) is 7.21. The summed E-state index contributed by atoms with van der Waals surface area (Å²) in [6, 6.07) is 14.3. The highest BCUT2D eigenvalue weighted by Gasteiger charge is 2.27. The number of fused-ring (bicyclic) bond motifs is 3. The van der Waals surface area contributed by atoms with Crippen LogP contribution in [0.4, 0.5) is 5.69 Å². The van der Waals surface area contributed by atoms with Crippen LogP contribution in [0.5, 0.6) is 5.75 Å². The van der Waals surface area contributed by atoms with E-state index in [-0.39, 0.29) is 10.6 Å². The van der Waals surface area contributed by atoms with Crippen LogP contribution in [0.3, 0.4) is 0 Å². The highest BCUT2D eigenvalue weighted by Crippen LogP contribution is 2.40. The van der Waals surface area contributed by atoms with Gasteiger partial charge in [-0.2, -0.15) is 5.10 Å². The molecule has 1 aromatic heterocycles. The molecular formula is C17H13N3O3. The zero-order chi connectivity index (χ0) is 16.0. The molecule has 114 valence electrons. The molecule has 0 spiro atoms. The summed E-state index contributed by atoms with van der Waals surface area (Å²) in [5.41, 5.74) is 4.01. The lowest BCUT2D eigenvalue weighted by atomic mass is 10.0. The summed E-state index contributed by atoms with van der Waals surface area (Å²) < 4.78 is 7.43. The second kappa shape index (κ2) is 4.95. The monoisotopic (exact) mass is 307 g/mol. The molecule has 6 nitrogen and oxygen atoms in total. The Balaban J connectivity index is 2.03. The van der Waals surface area contributed by atoms with E-state index in [1.54, 1.807) is 22.9 Å². The summed E-state index contributed by atoms with van der Waals surface area (Å²) in [4.78, 5) is 11.0. The van der Waals surface area contributed by atoms with Crippen LogP contribution in [-0.2, 0) is 6.61 Å². The van der Waals surface area contributed by atoms with Gasteiger partial charge in [0.1, 0.15) is 18.0 Å². The summed E-state index contributed by atoms with van der Waals surface area (Å²) in [5.74, 6) is 0.764. The number of nitro benzene ring substituents is 1. The van der Waals surface area contributed by atoms with Crippen LogP contribution >= 0.6 is 0 Å². The van der Waals surface area contributed by atoms with Crippen LogP contribution in [0.1, 0.15) is 11.3 Å². The van der Waals surface area contributed by atoms with Gasteiger partial charge in [0.25, 0.3) is 5.69 Å². The van der Waals surface area contributed by atoms with Gasteiger partial charge < -0.3 is 4.74 Å². The van der Waals surface area contributed by atoms with Gasteiger partial charge >= 0.3 is 0 Å². The molecule has 0 unspecified atom stereocenters. The largest absolute Gasteiger partial charge is 0.488 e. The van der Waals surface area contributed by atoms with E-state index in [4.69, 9.17) is 4.74 Å². The standard InChI is InChI=1S/C17H13N3O3/c1-11-13-10-23-16-9-5-2-6-12(16)17(13)19(18-11)14-7-3-4-8-15(14)20(21)22/h2-9H,10H2,1H3. The molecule has 0 fully saturated rings. The minimum atomic E-state index is -0.385. The van der Waals surface area contributed by atoms with Crippen LogP contribution < -0.4 is 4.74 Å². The van der Waals surface area contributed by atoms with Gasteiger partial charge in [0.2, 0.25) is 0 Å². The number of rotatable bonds is 2. The van der Waals surface area contributed by atoms with Crippen molar-refractivity contribution in [3.63, 3.8) is 0 Å². The van der Waals surface area contributed by atoms with Gasteiger partial charge in [-0.15, -0.1) is 0 Å². The highest BCUT2D eigenvalue weighted by molar-refractivity contribution is 5.75. The zero-order valence-electron chi connectivity index (χ0n) is 12.4. The van der Waals surface area contributed by atoms with Crippen molar-refractivity contribution >= 4 is 5.69 Å². The van der Waals surface area contributed by atoms with Crippen molar-refractivity contribution in [1.82, 2.24) is 9.78 Å². The third-order valence-corrected chi connectivity index (χ3v) is 4.01. The molecule has 3 aromatic rings. The van der Waals surface area contributed by atoms with Gasteiger partial charge in [-0.05, 0) is 25.1 Å². The smallest absolute Gasteiger partial charge is 0.294 e. The molecule has 0 N–H and O–H groups in total. The van der Waals surface area contributed by atoms with Crippen LogP contribution in [0.2, 0.25) is 0 Å². The Hall–Kier alpha value is -3.15. The number of nitro groups is 1. The van der Waals surface area contributed by atoms with E-state index in [0.717, 1.165) is 28.3 Å². The van der Waals surface area contributed by atoms with E-state index in [9.17, 15) is 10.1 Å². The summed E-state index contributed by atoms with van der Waals surface area (Å²) in [5, 5.41) is 15.9. The third kappa shape index (κ3) is 1.99. The Kier molecular flexibility index (Phi) is 2.90. The van der Waals surface area contributed by atoms with Crippen LogP contribution in [-0.4, -0.2) is 14.7 Å².